The number of hydrogen-bond acceptors (Lipinski definition) is 14. The van der Waals surface area contributed by atoms with Crippen molar-refractivity contribution in [2.24, 2.45) is 0 Å². The number of ether oxygens (including phenoxy) is 9. The minimum absolute atomic E-state index is 0.151. The number of piperazine rings is 1. The van der Waals surface area contributed by atoms with Gasteiger partial charge in [0, 0.05) is 57.4 Å². The third kappa shape index (κ3) is 24.9. The number of carbonyl (C=O) groups excluding carboxylic acids is 1. The number of unbranched alkanes of at least 4 members (excludes halogenated alkanes) is 1. The molecule has 1 saturated heterocycles. The van der Waals surface area contributed by atoms with Crippen LogP contribution in [-0.2, 0) is 47.4 Å². The van der Waals surface area contributed by atoms with Gasteiger partial charge in [-0.15, -0.1) is 0 Å². The number of rotatable bonds is 33. The largest absolute Gasteiger partial charge is 0.469 e. The first-order valence-corrected chi connectivity index (χ1v) is 17.9. The molecule has 2 rings (SSSR count). The summed E-state index contributed by atoms with van der Waals surface area (Å²) >= 11 is 5.91. The van der Waals surface area contributed by atoms with Gasteiger partial charge in [0.15, 0.2) is 0 Å². The molecule has 1 heterocycles. The van der Waals surface area contributed by atoms with Gasteiger partial charge < -0.3 is 58.6 Å². The summed E-state index contributed by atoms with van der Waals surface area (Å²) in [6.45, 7) is 15.2. The van der Waals surface area contributed by atoms with Gasteiger partial charge in [-0.1, -0.05) is 11.6 Å². The number of nitrogens with zero attached hydrogens (tertiary/aromatic N) is 2. The van der Waals surface area contributed by atoms with Gasteiger partial charge in [0.1, 0.15) is 0 Å². The van der Waals surface area contributed by atoms with E-state index in [9.17, 15) is 4.79 Å². The summed E-state index contributed by atoms with van der Waals surface area (Å²) in [5.41, 5.74) is 7.49. The van der Waals surface area contributed by atoms with E-state index in [1.54, 1.807) is 6.07 Å². The van der Waals surface area contributed by atoms with Crippen LogP contribution in [0.5, 0.6) is 0 Å². The van der Waals surface area contributed by atoms with Gasteiger partial charge in [-0.05, 0) is 31.0 Å². The normalized spacial score (nSPS) is 14.0. The van der Waals surface area contributed by atoms with E-state index in [2.05, 4.69) is 15.1 Å². The molecule has 14 nitrogen and oxygen atoms in total. The van der Waals surface area contributed by atoms with Gasteiger partial charge in [-0.3, -0.25) is 9.69 Å². The lowest BCUT2D eigenvalue weighted by atomic mass is 10.2. The lowest BCUT2D eigenvalue weighted by Gasteiger charge is -2.34. The van der Waals surface area contributed by atoms with Crippen molar-refractivity contribution in [3.05, 3.63) is 23.2 Å². The van der Waals surface area contributed by atoms with E-state index < -0.39 is 0 Å². The van der Waals surface area contributed by atoms with Gasteiger partial charge in [-0.2, -0.15) is 0 Å². The summed E-state index contributed by atoms with van der Waals surface area (Å²) in [7, 11) is 1.43. The van der Waals surface area contributed by atoms with Crippen LogP contribution in [0.4, 0.5) is 11.4 Å². The molecule has 49 heavy (non-hydrogen) atoms. The molecule has 0 unspecified atom stereocenters. The van der Waals surface area contributed by atoms with E-state index in [0.29, 0.717) is 123 Å². The Labute approximate surface area is 298 Å². The lowest BCUT2D eigenvalue weighted by molar-refractivity contribution is -0.141. The highest BCUT2D eigenvalue weighted by molar-refractivity contribution is 6.31. The maximum Gasteiger partial charge on any atom is 0.306 e. The summed E-state index contributed by atoms with van der Waals surface area (Å²) in [5, 5.41) is 3.95. The van der Waals surface area contributed by atoms with Crippen molar-refractivity contribution in [2.45, 2.75) is 19.3 Å². The third-order valence-electron chi connectivity index (χ3n) is 7.53. The van der Waals surface area contributed by atoms with Crippen molar-refractivity contribution in [1.82, 2.24) is 9.80 Å². The first kappa shape index (κ1) is 43.3. The van der Waals surface area contributed by atoms with Crippen molar-refractivity contribution in [3.63, 3.8) is 0 Å². The zero-order valence-corrected chi connectivity index (χ0v) is 30.3. The highest BCUT2D eigenvalue weighted by Crippen LogP contribution is 2.22. The summed E-state index contributed by atoms with van der Waals surface area (Å²) in [6.07, 6.45) is 2.39. The molecule has 0 bridgehead atoms. The molecule has 0 amide bonds. The Morgan fingerprint density at radius 2 is 1.08 bits per heavy atom. The maximum absolute atomic E-state index is 11.3. The smallest absolute Gasteiger partial charge is 0.306 e. The summed E-state index contributed by atoms with van der Waals surface area (Å²) in [5.74, 6) is -0.151. The van der Waals surface area contributed by atoms with Crippen LogP contribution < -0.4 is 11.1 Å². The third-order valence-corrected chi connectivity index (χ3v) is 7.76. The van der Waals surface area contributed by atoms with E-state index in [1.807, 2.05) is 12.1 Å². The second kappa shape index (κ2) is 31.0. The van der Waals surface area contributed by atoms with Crippen LogP contribution in [0.25, 0.3) is 0 Å². The molecule has 0 aliphatic carbocycles. The van der Waals surface area contributed by atoms with Crippen molar-refractivity contribution in [1.29, 1.82) is 0 Å². The first-order valence-electron chi connectivity index (χ1n) is 17.5. The molecular weight excluding hydrogens is 660 g/mol. The molecule has 1 fully saturated rings. The van der Waals surface area contributed by atoms with Crippen LogP contribution in [0.3, 0.4) is 0 Å². The van der Waals surface area contributed by atoms with Gasteiger partial charge in [0.2, 0.25) is 0 Å². The topological polar surface area (TPSA) is 145 Å². The molecular formula is C34H61ClN4O10. The maximum atomic E-state index is 11.3. The molecule has 0 spiro atoms. The molecule has 0 aromatic heterocycles. The molecule has 1 aliphatic heterocycles. The monoisotopic (exact) mass is 720 g/mol. The SMILES string of the molecule is COC(=O)CCN1CCN(CCOCCOCCOCCOCCOCCOCCOCCOCCCCNc2ccc(Cl)cc2N)CC1. The fraction of sp³-hybridized carbons (Fsp3) is 0.794. The van der Waals surface area contributed by atoms with Crippen LogP contribution in [0.1, 0.15) is 19.3 Å². The predicted molar refractivity (Wildman–Crippen MR) is 190 cm³/mol. The zero-order valence-electron chi connectivity index (χ0n) is 29.5. The Kier molecular flexibility index (Phi) is 27.4. The minimum Gasteiger partial charge on any atom is -0.469 e. The van der Waals surface area contributed by atoms with E-state index in [4.69, 9.17) is 60.0 Å². The number of hydrogen-bond donors (Lipinski definition) is 2. The highest BCUT2D eigenvalue weighted by atomic mass is 35.5. The summed E-state index contributed by atoms with van der Waals surface area (Å²) in [6, 6.07) is 5.46. The number of nitrogens with two attached hydrogens (primary N) is 1. The zero-order chi connectivity index (χ0) is 35.0. The number of nitrogens with one attached hydrogen (secondary N) is 1. The fourth-order valence-corrected chi connectivity index (χ4v) is 4.85. The number of benzene rings is 1. The van der Waals surface area contributed by atoms with Crippen molar-refractivity contribution >= 4 is 28.9 Å². The van der Waals surface area contributed by atoms with E-state index in [0.717, 1.165) is 64.3 Å². The molecule has 0 atom stereocenters. The molecule has 1 aliphatic rings. The van der Waals surface area contributed by atoms with E-state index >= 15 is 0 Å². The number of halogens is 1. The number of methoxy groups -OCH3 is 1. The molecule has 0 saturated carbocycles. The number of nitrogen functional groups attached to an aromatic ring is 1. The second-order valence-electron chi connectivity index (χ2n) is 11.3. The van der Waals surface area contributed by atoms with Crippen LogP contribution in [-0.4, -0.2) is 174 Å². The summed E-state index contributed by atoms with van der Waals surface area (Å²) in [4.78, 5) is 16.0. The van der Waals surface area contributed by atoms with Gasteiger partial charge in [0.25, 0.3) is 0 Å². The molecule has 0 radical (unpaired) electrons. The predicted octanol–water partition coefficient (Wildman–Crippen LogP) is 2.43. The average molecular weight is 721 g/mol. The van der Waals surface area contributed by atoms with Crippen LogP contribution in [0.15, 0.2) is 18.2 Å². The number of anilines is 2. The fourth-order valence-electron chi connectivity index (χ4n) is 4.67. The molecule has 15 heteroatoms. The Morgan fingerprint density at radius 3 is 1.53 bits per heavy atom. The molecule has 1 aromatic carbocycles. The molecule has 1 aromatic rings. The van der Waals surface area contributed by atoms with Crippen LogP contribution >= 0.6 is 11.6 Å². The van der Waals surface area contributed by atoms with Crippen molar-refractivity contribution < 1.29 is 47.4 Å². The van der Waals surface area contributed by atoms with Crippen LogP contribution in [0.2, 0.25) is 5.02 Å². The standard InChI is InChI=1S/C34H61ClN4O10/c1-41-34(40)6-8-38-9-11-39(12-10-38)13-15-43-17-19-45-21-23-47-25-27-49-29-28-48-26-24-46-22-20-44-18-16-42-14-3-2-7-37-33-5-4-31(35)30-32(33)36/h4-5,30,37H,2-3,6-29,36H2,1H3. The molecule has 3 N–H and O–H groups in total. The minimum atomic E-state index is -0.151. The van der Waals surface area contributed by atoms with Gasteiger partial charge >= 0.3 is 5.97 Å². The van der Waals surface area contributed by atoms with Crippen LogP contribution in [0, 0.1) is 0 Å². The second-order valence-corrected chi connectivity index (χ2v) is 11.7. The molecule has 284 valence electrons. The van der Waals surface area contributed by atoms with Crippen molar-refractivity contribution in [2.75, 3.05) is 170 Å². The quantitative estimate of drug-likeness (QED) is 0.0623. The number of esters is 1. The lowest BCUT2D eigenvalue weighted by Crippen LogP contribution is -2.47. The Hall–Kier alpha value is -1.82. The Balaban J connectivity index is 1.17. The van der Waals surface area contributed by atoms with E-state index in [1.165, 1.54) is 7.11 Å². The Morgan fingerprint density at radius 1 is 0.653 bits per heavy atom. The van der Waals surface area contributed by atoms with Crippen molar-refractivity contribution in [3.8, 4) is 0 Å². The average Bonchev–Trinajstić information content (AvgIpc) is 3.11. The van der Waals surface area contributed by atoms with Gasteiger partial charge in [0.05, 0.1) is 124 Å². The Bertz CT molecular complexity index is 931. The summed E-state index contributed by atoms with van der Waals surface area (Å²) < 4.78 is 49.1. The number of carbonyl (C=O) groups is 1. The van der Waals surface area contributed by atoms with E-state index in [-0.39, 0.29) is 5.97 Å². The van der Waals surface area contributed by atoms with Gasteiger partial charge in [-0.25, -0.2) is 0 Å². The first-order chi connectivity index (χ1) is 24.1. The highest BCUT2D eigenvalue weighted by Gasteiger charge is 2.17.